The molecule has 2 aromatic carbocycles. The first-order valence-electron chi connectivity index (χ1n) is 7.21. The summed E-state index contributed by atoms with van der Waals surface area (Å²) in [6.45, 7) is 1.34. The number of benzene rings is 2. The number of carbonyl (C=O) groups excluding carboxylic acids is 2. The van der Waals surface area contributed by atoms with E-state index in [-0.39, 0.29) is 5.97 Å². The van der Waals surface area contributed by atoms with E-state index >= 15 is 0 Å². The highest BCUT2D eigenvalue weighted by Crippen LogP contribution is 2.28. The number of halogens is 1. The van der Waals surface area contributed by atoms with Gasteiger partial charge in [0.1, 0.15) is 11.5 Å². The molecule has 4 nitrogen and oxygen atoms in total. The monoisotopic (exact) mass is 340 g/mol. The molecule has 0 saturated heterocycles. The third kappa shape index (κ3) is 3.73. The number of ether oxygens (including phenoxy) is 2. The van der Waals surface area contributed by atoms with Crippen LogP contribution in [0.4, 0.5) is 0 Å². The third-order valence-electron chi connectivity index (χ3n) is 3.32. The fraction of sp³-hybridized carbons (Fsp3) is 0.0526. The first-order chi connectivity index (χ1) is 11.5. The Hall–Kier alpha value is -2.85. The third-order valence-corrected chi connectivity index (χ3v) is 3.57. The molecule has 0 aliphatic carbocycles. The van der Waals surface area contributed by atoms with E-state index < -0.39 is 5.97 Å². The summed E-state index contributed by atoms with van der Waals surface area (Å²) in [6, 6.07) is 13.9. The maximum Gasteiger partial charge on any atom is 0.343 e. The van der Waals surface area contributed by atoms with Gasteiger partial charge in [0.2, 0.25) is 0 Å². The van der Waals surface area contributed by atoms with Crippen molar-refractivity contribution < 1.29 is 19.1 Å². The molecule has 0 atom stereocenters. The number of carbonyl (C=O) groups is 2. The van der Waals surface area contributed by atoms with Gasteiger partial charge < -0.3 is 9.47 Å². The second-order valence-corrected chi connectivity index (χ2v) is 5.60. The molecule has 120 valence electrons. The minimum absolute atomic E-state index is 0.379. The van der Waals surface area contributed by atoms with Crippen LogP contribution in [0.1, 0.15) is 18.1 Å². The Bertz CT molecular complexity index is 846. The Morgan fingerprint density at radius 1 is 1.08 bits per heavy atom. The number of esters is 2. The van der Waals surface area contributed by atoms with Gasteiger partial charge in [0.05, 0.1) is 5.57 Å². The lowest BCUT2D eigenvalue weighted by atomic mass is 10.1. The van der Waals surface area contributed by atoms with E-state index in [4.69, 9.17) is 21.1 Å². The molecule has 0 radical (unpaired) electrons. The van der Waals surface area contributed by atoms with Crippen molar-refractivity contribution in [1.82, 2.24) is 0 Å². The van der Waals surface area contributed by atoms with Gasteiger partial charge in [-0.05, 0) is 54.1 Å². The lowest BCUT2D eigenvalue weighted by molar-refractivity contribution is -0.132. The van der Waals surface area contributed by atoms with Crippen molar-refractivity contribution in [3.05, 3.63) is 76.3 Å². The van der Waals surface area contributed by atoms with E-state index in [1.807, 2.05) is 0 Å². The molecular weight excluding hydrogens is 328 g/mol. The molecule has 0 spiro atoms. The summed E-state index contributed by atoms with van der Waals surface area (Å²) in [7, 11) is 0. The van der Waals surface area contributed by atoms with Crippen LogP contribution in [0.3, 0.4) is 0 Å². The molecule has 1 aliphatic rings. The molecule has 24 heavy (non-hydrogen) atoms. The number of cyclic esters (lactones) is 1. The zero-order chi connectivity index (χ0) is 17.1. The summed E-state index contributed by atoms with van der Waals surface area (Å²) in [5.74, 6) is 0.149. The first-order valence-corrected chi connectivity index (χ1v) is 7.59. The smallest absolute Gasteiger partial charge is 0.343 e. The summed E-state index contributed by atoms with van der Waals surface area (Å²) in [6.07, 6.45) is 3.40. The largest absolute Gasteiger partial charge is 0.427 e. The summed E-state index contributed by atoms with van der Waals surface area (Å²) in [4.78, 5) is 22.9. The Labute approximate surface area is 144 Å². The lowest BCUT2D eigenvalue weighted by Crippen LogP contribution is -2.01. The summed E-state index contributed by atoms with van der Waals surface area (Å²) in [5.41, 5.74) is 2.02. The number of hydrogen-bond donors (Lipinski definition) is 0. The van der Waals surface area contributed by atoms with Crippen LogP contribution < -0.4 is 4.74 Å². The van der Waals surface area contributed by atoms with Crippen molar-refractivity contribution in [2.75, 3.05) is 0 Å². The minimum atomic E-state index is -0.413. The second-order valence-electron chi connectivity index (χ2n) is 5.17. The zero-order valence-electron chi connectivity index (χ0n) is 12.8. The Morgan fingerprint density at radius 2 is 1.75 bits per heavy atom. The Kier molecular flexibility index (Phi) is 4.49. The lowest BCUT2D eigenvalue weighted by Gasteiger charge is -2.01. The summed E-state index contributed by atoms with van der Waals surface area (Å²) < 4.78 is 10.3. The fourth-order valence-corrected chi connectivity index (χ4v) is 2.35. The molecular formula is C19H13ClO4. The van der Waals surface area contributed by atoms with Gasteiger partial charge in [0, 0.05) is 17.5 Å². The van der Waals surface area contributed by atoms with Crippen molar-refractivity contribution in [3.8, 4) is 5.75 Å². The van der Waals surface area contributed by atoms with Crippen molar-refractivity contribution >= 4 is 35.4 Å². The van der Waals surface area contributed by atoms with Gasteiger partial charge in [-0.1, -0.05) is 23.7 Å². The first kappa shape index (κ1) is 16.0. The maximum atomic E-state index is 12.0. The molecule has 1 heterocycles. The Balaban J connectivity index is 1.83. The standard InChI is InChI=1S/C19H13ClO4/c1-12(21)23-17-8-2-13(3-9-17)10-15-11-18(24-19(15)22)14-4-6-16(20)7-5-14/h2-11H,1H3/b15-10+. The number of hydrogen-bond acceptors (Lipinski definition) is 4. The van der Waals surface area contributed by atoms with Crippen LogP contribution in [0.25, 0.3) is 11.8 Å². The molecule has 0 unspecified atom stereocenters. The average Bonchev–Trinajstić information content (AvgIpc) is 2.90. The van der Waals surface area contributed by atoms with E-state index in [1.54, 1.807) is 60.7 Å². The average molecular weight is 341 g/mol. The van der Waals surface area contributed by atoms with Gasteiger partial charge in [-0.15, -0.1) is 0 Å². The van der Waals surface area contributed by atoms with Gasteiger partial charge in [0.15, 0.2) is 0 Å². The van der Waals surface area contributed by atoms with Crippen LogP contribution in [-0.2, 0) is 14.3 Å². The predicted molar refractivity (Wildman–Crippen MR) is 91.2 cm³/mol. The van der Waals surface area contributed by atoms with Gasteiger partial charge in [0.25, 0.3) is 0 Å². The topological polar surface area (TPSA) is 52.6 Å². The van der Waals surface area contributed by atoms with E-state index in [2.05, 4.69) is 0 Å². The molecule has 0 amide bonds. The van der Waals surface area contributed by atoms with E-state index in [0.29, 0.717) is 22.1 Å². The van der Waals surface area contributed by atoms with Crippen LogP contribution in [0.15, 0.2) is 60.2 Å². The van der Waals surface area contributed by atoms with E-state index in [1.165, 1.54) is 6.92 Å². The molecule has 0 N–H and O–H groups in total. The van der Waals surface area contributed by atoms with Crippen molar-refractivity contribution in [1.29, 1.82) is 0 Å². The highest BCUT2D eigenvalue weighted by atomic mass is 35.5. The molecule has 0 bridgehead atoms. The van der Waals surface area contributed by atoms with Crippen LogP contribution in [0.5, 0.6) is 5.75 Å². The number of rotatable bonds is 3. The maximum absolute atomic E-state index is 12.0. The molecule has 3 rings (SSSR count). The van der Waals surface area contributed by atoms with Crippen LogP contribution in [0.2, 0.25) is 5.02 Å². The van der Waals surface area contributed by atoms with Crippen LogP contribution in [-0.4, -0.2) is 11.9 Å². The van der Waals surface area contributed by atoms with Crippen LogP contribution >= 0.6 is 11.6 Å². The van der Waals surface area contributed by atoms with Gasteiger partial charge in [-0.3, -0.25) is 4.79 Å². The molecule has 0 fully saturated rings. The minimum Gasteiger partial charge on any atom is -0.427 e. The van der Waals surface area contributed by atoms with Gasteiger partial charge >= 0.3 is 11.9 Å². The highest BCUT2D eigenvalue weighted by molar-refractivity contribution is 6.30. The summed E-state index contributed by atoms with van der Waals surface area (Å²) >= 11 is 5.86. The fourth-order valence-electron chi connectivity index (χ4n) is 2.22. The van der Waals surface area contributed by atoms with Crippen LogP contribution in [0, 0.1) is 0 Å². The Morgan fingerprint density at radius 3 is 2.38 bits per heavy atom. The molecule has 5 heteroatoms. The van der Waals surface area contributed by atoms with Crippen molar-refractivity contribution in [2.24, 2.45) is 0 Å². The quantitative estimate of drug-likeness (QED) is 0.476. The predicted octanol–water partition coefficient (Wildman–Crippen LogP) is 4.25. The highest BCUT2D eigenvalue weighted by Gasteiger charge is 2.21. The normalized spacial score (nSPS) is 15.2. The van der Waals surface area contributed by atoms with E-state index in [0.717, 1.165) is 11.1 Å². The van der Waals surface area contributed by atoms with E-state index in [9.17, 15) is 9.59 Å². The second kappa shape index (κ2) is 6.72. The molecule has 1 aliphatic heterocycles. The molecule has 0 aromatic heterocycles. The van der Waals surface area contributed by atoms with Gasteiger partial charge in [-0.25, -0.2) is 4.79 Å². The van der Waals surface area contributed by atoms with Gasteiger partial charge in [-0.2, -0.15) is 0 Å². The molecule has 0 saturated carbocycles. The summed E-state index contributed by atoms with van der Waals surface area (Å²) in [5, 5.41) is 0.618. The zero-order valence-corrected chi connectivity index (χ0v) is 13.5. The van der Waals surface area contributed by atoms with Crippen molar-refractivity contribution in [3.63, 3.8) is 0 Å². The van der Waals surface area contributed by atoms with Crippen molar-refractivity contribution in [2.45, 2.75) is 6.92 Å². The SMILES string of the molecule is CC(=O)Oc1ccc(/C=C2\C=C(c3ccc(Cl)cc3)OC2=O)cc1. The molecule has 2 aromatic rings.